The summed E-state index contributed by atoms with van der Waals surface area (Å²) in [4.78, 5) is 3.70. The maximum absolute atomic E-state index is 13.5. The highest BCUT2D eigenvalue weighted by molar-refractivity contribution is 14.0. The van der Waals surface area contributed by atoms with Crippen LogP contribution in [0.4, 0.5) is 4.39 Å². The van der Waals surface area contributed by atoms with Gasteiger partial charge in [-0.1, -0.05) is 12.1 Å². The molecule has 0 fully saturated rings. The number of aliphatic imine (C=N–C) groups is 1. The van der Waals surface area contributed by atoms with Crippen LogP contribution in [0.3, 0.4) is 0 Å². The summed E-state index contributed by atoms with van der Waals surface area (Å²) in [5.41, 5.74) is 0. The van der Waals surface area contributed by atoms with Crippen molar-refractivity contribution in [1.82, 2.24) is 10.6 Å². The van der Waals surface area contributed by atoms with Crippen LogP contribution in [0.5, 0.6) is 0 Å². The number of nitrogens with zero attached hydrogens (tertiary/aromatic N) is 1. The van der Waals surface area contributed by atoms with Gasteiger partial charge in [0.2, 0.25) is 0 Å². The first-order valence-corrected chi connectivity index (χ1v) is 8.57. The zero-order chi connectivity index (χ0) is 16.4. The van der Waals surface area contributed by atoms with Crippen LogP contribution >= 0.6 is 24.0 Å². The second-order valence-electron chi connectivity index (χ2n) is 4.52. The molecule has 0 saturated carbocycles. The average molecular weight is 459 g/mol. The van der Waals surface area contributed by atoms with Crippen molar-refractivity contribution in [3.63, 3.8) is 0 Å². The molecule has 0 aromatic heterocycles. The molecular weight excluding hydrogens is 436 g/mol. The van der Waals surface area contributed by atoms with E-state index in [0.29, 0.717) is 19.1 Å². The number of guanidine groups is 1. The number of nitrogens with one attached hydrogen (secondary N) is 2. The lowest BCUT2D eigenvalue weighted by molar-refractivity contribution is 0.195. The number of rotatable bonds is 8. The van der Waals surface area contributed by atoms with Gasteiger partial charge in [-0.3, -0.25) is 4.99 Å². The molecule has 0 saturated heterocycles. The molecule has 0 amide bonds. The molecule has 0 aliphatic heterocycles. The van der Waals surface area contributed by atoms with E-state index in [-0.39, 0.29) is 41.2 Å². The van der Waals surface area contributed by atoms with Crippen LogP contribution in [0.1, 0.15) is 6.42 Å². The normalized spacial score (nSPS) is 11.7. The Hall–Kier alpha value is -0.940. The first kappa shape index (κ1) is 22.1. The molecule has 2 N–H and O–H groups in total. The van der Waals surface area contributed by atoms with Crippen LogP contribution in [-0.2, 0) is 14.6 Å². The van der Waals surface area contributed by atoms with E-state index >= 15 is 0 Å². The minimum atomic E-state index is -3.66. The second kappa shape index (κ2) is 11.6. The van der Waals surface area contributed by atoms with Gasteiger partial charge in [0, 0.05) is 33.9 Å². The first-order chi connectivity index (χ1) is 10.5. The van der Waals surface area contributed by atoms with E-state index in [1.165, 1.54) is 18.2 Å². The van der Waals surface area contributed by atoms with Gasteiger partial charge in [-0.15, -0.1) is 24.0 Å². The zero-order valence-corrected chi connectivity index (χ0v) is 16.4. The number of ether oxygens (including phenoxy) is 1. The zero-order valence-electron chi connectivity index (χ0n) is 13.2. The standard InChI is InChI=1S/C14H22FN3O3S.HI/c1-16-14(17-8-5-10-21-2)18-9-11-22(19,20)13-7-4-3-6-12(13)15;/h3-4,6-7H,5,8-11H2,1-2H3,(H2,16,17,18);1H. The summed E-state index contributed by atoms with van der Waals surface area (Å²) in [5, 5.41) is 5.92. The fourth-order valence-corrected chi connectivity index (χ4v) is 3.00. The van der Waals surface area contributed by atoms with Crippen molar-refractivity contribution in [3.8, 4) is 0 Å². The van der Waals surface area contributed by atoms with E-state index in [1.807, 2.05) is 0 Å². The molecule has 0 bridgehead atoms. The van der Waals surface area contributed by atoms with E-state index in [4.69, 9.17) is 4.74 Å². The van der Waals surface area contributed by atoms with E-state index in [0.717, 1.165) is 12.5 Å². The number of benzene rings is 1. The monoisotopic (exact) mass is 459 g/mol. The summed E-state index contributed by atoms with van der Waals surface area (Å²) in [7, 11) is -0.444. The summed E-state index contributed by atoms with van der Waals surface area (Å²) in [6.45, 7) is 1.43. The highest BCUT2D eigenvalue weighted by Gasteiger charge is 2.18. The van der Waals surface area contributed by atoms with Gasteiger partial charge >= 0.3 is 0 Å². The molecule has 1 rings (SSSR count). The highest BCUT2D eigenvalue weighted by atomic mass is 127. The molecule has 0 spiro atoms. The molecule has 0 aliphatic rings. The smallest absolute Gasteiger partial charge is 0.191 e. The third-order valence-electron chi connectivity index (χ3n) is 2.88. The van der Waals surface area contributed by atoms with Gasteiger partial charge in [0.25, 0.3) is 0 Å². The topological polar surface area (TPSA) is 79.8 Å². The Labute approximate surface area is 153 Å². The molecule has 0 radical (unpaired) electrons. The number of hydrogen-bond donors (Lipinski definition) is 2. The molecule has 0 unspecified atom stereocenters. The number of halogens is 2. The van der Waals surface area contributed by atoms with Gasteiger partial charge in [0.15, 0.2) is 15.8 Å². The summed E-state index contributed by atoms with van der Waals surface area (Å²) in [6, 6.07) is 5.36. The summed E-state index contributed by atoms with van der Waals surface area (Å²) < 4.78 is 42.6. The van der Waals surface area contributed by atoms with E-state index in [2.05, 4.69) is 15.6 Å². The summed E-state index contributed by atoms with van der Waals surface area (Å²) in [6.07, 6.45) is 0.810. The third-order valence-corrected chi connectivity index (χ3v) is 4.62. The highest BCUT2D eigenvalue weighted by Crippen LogP contribution is 2.14. The second-order valence-corrected chi connectivity index (χ2v) is 6.60. The summed E-state index contributed by atoms with van der Waals surface area (Å²) >= 11 is 0. The van der Waals surface area contributed by atoms with Gasteiger partial charge in [-0.05, 0) is 18.6 Å². The van der Waals surface area contributed by atoms with Crippen molar-refractivity contribution in [3.05, 3.63) is 30.1 Å². The molecule has 132 valence electrons. The molecule has 9 heteroatoms. The van der Waals surface area contributed by atoms with Gasteiger partial charge in [0.1, 0.15) is 10.7 Å². The molecule has 0 heterocycles. The Balaban J connectivity index is 0.00000484. The Morgan fingerprint density at radius 2 is 1.91 bits per heavy atom. The van der Waals surface area contributed by atoms with Crippen molar-refractivity contribution >= 4 is 39.8 Å². The SMILES string of the molecule is CN=C(NCCCOC)NCCS(=O)(=O)c1ccccc1F.I. The summed E-state index contributed by atoms with van der Waals surface area (Å²) in [5.74, 6) is -0.448. The quantitative estimate of drug-likeness (QED) is 0.266. The Morgan fingerprint density at radius 3 is 2.52 bits per heavy atom. The van der Waals surface area contributed by atoms with Crippen molar-refractivity contribution < 1.29 is 17.5 Å². The van der Waals surface area contributed by atoms with Crippen molar-refractivity contribution in [1.29, 1.82) is 0 Å². The third kappa shape index (κ3) is 7.93. The number of methoxy groups -OCH3 is 1. The number of sulfone groups is 1. The van der Waals surface area contributed by atoms with Crippen LogP contribution in [0.25, 0.3) is 0 Å². The van der Waals surface area contributed by atoms with Crippen LogP contribution < -0.4 is 10.6 Å². The molecule has 0 aliphatic carbocycles. The van der Waals surface area contributed by atoms with Gasteiger partial charge < -0.3 is 15.4 Å². The average Bonchev–Trinajstić information content (AvgIpc) is 2.50. The molecular formula is C14H23FIN3O3S. The number of hydrogen-bond acceptors (Lipinski definition) is 4. The van der Waals surface area contributed by atoms with E-state index < -0.39 is 15.7 Å². The van der Waals surface area contributed by atoms with Crippen molar-refractivity contribution in [2.45, 2.75) is 11.3 Å². The van der Waals surface area contributed by atoms with Gasteiger partial charge in [0.05, 0.1) is 5.75 Å². The predicted octanol–water partition coefficient (Wildman–Crippen LogP) is 1.42. The van der Waals surface area contributed by atoms with Crippen molar-refractivity contribution in [2.75, 3.05) is 39.6 Å². The van der Waals surface area contributed by atoms with Gasteiger partial charge in [-0.25, -0.2) is 12.8 Å². The molecule has 1 aromatic rings. The maximum Gasteiger partial charge on any atom is 0.191 e. The molecule has 0 atom stereocenters. The fourth-order valence-electron chi connectivity index (χ4n) is 1.75. The van der Waals surface area contributed by atoms with Crippen LogP contribution in [0.2, 0.25) is 0 Å². The largest absolute Gasteiger partial charge is 0.385 e. The predicted molar refractivity (Wildman–Crippen MR) is 99.7 cm³/mol. The molecule has 23 heavy (non-hydrogen) atoms. The lowest BCUT2D eigenvalue weighted by atomic mass is 10.3. The Kier molecular flexibility index (Phi) is 11.1. The van der Waals surface area contributed by atoms with Crippen LogP contribution in [-0.4, -0.2) is 54.0 Å². The van der Waals surface area contributed by atoms with Gasteiger partial charge in [-0.2, -0.15) is 0 Å². The Morgan fingerprint density at radius 1 is 1.26 bits per heavy atom. The Bertz CT molecular complexity index is 597. The fraction of sp³-hybridized carbons (Fsp3) is 0.500. The minimum Gasteiger partial charge on any atom is -0.385 e. The lowest BCUT2D eigenvalue weighted by Crippen LogP contribution is -2.40. The molecule has 6 nitrogen and oxygen atoms in total. The van der Waals surface area contributed by atoms with Crippen LogP contribution in [0.15, 0.2) is 34.2 Å². The lowest BCUT2D eigenvalue weighted by Gasteiger charge is -2.12. The van der Waals surface area contributed by atoms with Crippen LogP contribution in [0, 0.1) is 5.82 Å². The maximum atomic E-state index is 13.5. The van der Waals surface area contributed by atoms with E-state index in [1.54, 1.807) is 14.2 Å². The minimum absolute atomic E-state index is 0. The first-order valence-electron chi connectivity index (χ1n) is 6.92. The van der Waals surface area contributed by atoms with E-state index in [9.17, 15) is 12.8 Å². The molecule has 1 aromatic carbocycles. The van der Waals surface area contributed by atoms with Crippen molar-refractivity contribution in [2.24, 2.45) is 4.99 Å².